The Balaban J connectivity index is 1.80. The van der Waals surface area contributed by atoms with Gasteiger partial charge >= 0.3 is 0 Å². The summed E-state index contributed by atoms with van der Waals surface area (Å²) in [5, 5.41) is 12.3. The lowest BCUT2D eigenvalue weighted by Gasteiger charge is -2.15. The van der Waals surface area contributed by atoms with Gasteiger partial charge in [-0.1, -0.05) is 54.2 Å². The Bertz CT molecular complexity index is 976. The number of thioether (sulfide) groups is 1. The molecule has 6 heteroatoms. The predicted octanol–water partition coefficient (Wildman–Crippen LogP) is 5.01. The third kappa shape index (κ3) is 4.12. The lowest BCUT2D eigenvalue weighted by Crippen LogP contribution is -2.24. The molecular formula is C22H26N4OS. The van der Waals surface area contributed by atoms with Crippen LogP contribution in [0.15, 0.2) is 47.6 Å². The van der Waals surface area contributed by atoms with E-state index < -0.39 is 0 Å². The van der Waals surface area contributed by atoms with Crippen molar-refractivity contribution >= 4 is 23.4 Å². The maximum atomic E-state index is 12.8. The van der Waals surface area contributed by atoms with Crippen LogP contribution in [0.5, 0.6) is 0 Å². The highest BCUT2D eigenvalue weighted by atomic mass is 32.2. The van der Waals surface area contributed by atoms with E-state index in [0.29, 0.717) is 0 Å². The van der Waals surface area contributed by atoms with Crippen molar-refractivity contribution < 1.29 is 4.79 Å². The smallest absolute Gasteiger partial charge is 0.237 e. The first-order chi connectivity index (χ1) is 13.4. The number of anilines is 1. The number of amides is 1. The molecule has 0 bridgehead atoms. The molecule has 0 fully saturated rings. The van der Waals surface area contributed by atoms with Crippen molar-refractivity contribution in [2.75, 3.05) is 5.32 Å². The van der Waals surface area contributed by atoms with Crippen LogP contribution in [0.2, 0.25) is 0 Å². The number of carbonyl (C=O) groups is 1. The Morgan fingerprint density at radius 1 is 1.04 bits per heavy atom. The van der Waals surface area contributed by atoms with Gasteiger partial charge in [-0.05, 0) is 51.3 Å². The first kappa shape index (κ1) is 20.1. The van der Waals surface area contributed by atoms with Crippen LogP contribution >= 0.6 is 11.8 Å². The number of aromatic nitrogens is 3. The van der Waals surface area contributed by atoms with Crippen molar-refractivity contribution in [1.82, 2.24) is 14.8 Å². The number of hydrogen-bond acceptors (Lipinski definition) is 4. The van der Waals surface area contributed by atoms with Crippen LogP contribution in [-0.4, -0.2) is 25.9 Å². The lowest BCUT2D eigenvalue weighted by atomic mass is 10.1. The monoisotopic (exact) mass is 394 g/mol. The summed E-state index contributed by atoms with van der Waals surface area (Å²) in [5.74, 6) is 0.802. The summed E-state index contributed by atoms with van der Waals surface area (Å²) in [5.41, 5.74) is 5.23. The maximum absolute atomic E-state index is 12.8. The summed E-state index contributed by atoms with van der Waals surface area (Å²) in [6.07, 6.45) is 0. The van der Waals surface area contributed by atoms with E-state index in [1.165, 1.54) is 11.8 Å². The highest BCUT2D eigenvalue weighted by Gasteiger charge is 2.21. The molecule has 3 aromatic rings. The van der Waals surface area contributed by atoms with E-state index in [4.69, 9.17) is 0 Å². The minimum atomic E-state index is -0.293. The number of aryl methyl sites for hydroxylation is 3. The van der Waals surface area contributed by atoms with Gasteiger partial charge in [0.05, 0.1) is 5.25 Å². The highest BCUT2D eigenvalue weighted by Crippen LogP contribution is 2.29. The summed E-state index contributed by atoms with van der Waals surface area (Å²) in [4.78, 5) is 12.8. The van der Waals surface area contributed by atoms with E-state index >= 15 is 0 Å². The van der Waals surface area contributed by atoms with Crippen molar-refractivity contribution in [3.63, 3.8) is 0 Å². The van der Waals surface area contributed by atoms with Crippen molar-refractivity contribution in [2.45, 2.75) is 51.6 Å². The van der Waals surface area contributed by atoms with E-state index in [-0.39, 0.29) is 11.2 Å². The molecule has 1 amide bonds. The van der Waals surface area contributed by atoms with Crippen LogP contribution in [0.1, 0.15) is 30.5 Å². The van der Waals surface area contributed by atoms with Crippen molar-refractivity contribution in [3.8, 4) is 11.4 Å². The molecule has 1 heterocycles. The number of hydrogen-bond donors (Lipinski definition) is 1. The second-order valence-electron chi connectivity index (χ2n) is 6.88. The van der Waals surface area contributed by atoms with Gasteiger partial charge in [-0.15, -0.1) is 10.2 Å². The minimum absolute atomic E-state index is 0.0366. The first-order valence-electron chi connectivity index (χ1n) is 9.45. The number of carbonyl (C=O) groups excluding carboxylic acids is 1. The molecule has 0 spiro atoms. The van der Waals surface area contributed by atoms with Crippen molar-refractivity contribution in [3.05, 3.63) is 59.2 Å². The molecule has 146 valence electrons. The van der Waals surface area contributed by atoms with Crippen LogP contribution in [0, 0.1) is 20.8 Å². The Morgan fingerprint density at radius 3 is 2.32 bits per heavy atom. The molecule has 0 aliphatic rings. The highest BCUT2D eigenvalue weighted by molar-refractivity contribution is 8.00. The standard InChI is InChI=1S/C22H26N4OS/c1-6-26-20(18-13-8-7-10-14(18)2)24-25-22(26)28-17(5)21(27)23-19-15(3)11-9-12-16(19)4/h7-13,17H,6H2,1-5H3,(H,23,27)/t17-/m0/s1. The van der Waals surface area contributed by atoms with Crippen LogP contribution in [0.3, 0.4) is 0 Å². The van der Waals surface area contributed by atoms with Gasteiger partial charge in [0.15, 0.2) is 11.0 Å². The molecule has 28 heavy (non-hydrogen) atoms. The second-order valence-corrected chi connectivity index (χ2v) is 8.19. The minimum Gasteiger partial charge on any atom is -0.325 e. The Morgan fingerprint density at radius 2 is 1.68 bits per heavy atom. The third-order valence-corrected chi connectivity index (χ3v) is 5.88. The number of rotatable bonds is 6. The van der Waals surface area contributed by atoms with Crippen molar-refractivity contribution in [2.24, 2.45) is 0 Å². The number of nitrogens with zero attached hydrogens (tertiary/aromatic N) is 3. The fourth-order valence-corrected chi connectivity index (χ4v) is 4.05. The average Bonchev–Trinajstić information content (AvgIpc) is 3.07. The van der Waals surface area contributed by atoms with Gasteiger partial charge in [0, 0.05) is 17.8 Å². The second kappa shape index (κ2) is 8.61. The average molecular weight is 395 g/mol. The zero-order chi connectivity index (χ0) is 20.3. The Hall–Kier alpha value is -2.60. The summed E-state index contributed by atoms with van der Waals surface area (Å²) in [7, 11) is 0. The summed E-state index contributed by atoms with van der Waals surface area (Å²) in [6, 6.07) is 14.1. The predicted molar refractivity (Wildman–Crippen MR) is 116 cm³/mol. The molecule has 0 saturated heterocycles. The number of nitrogens with one attached hydrogen (secondary N) is 1. The fourth-order valence-electron chi connectivity index (χ4n) is 3.13. The van der Waals surface area contributed by atoms with Gasteiger partial charge in [-0.3, -0.25) is 4.79 Å². The van der Waals surface area contributed by atoms with Gasteiger partial charge in [0.1, 0.15) is 0 Å². The molecule has 1 atom stereocenters. The third-order valence-electron chi connectivity index (χ3n) is 4.80. The summed E-state index contributed by atoms with van der Waals surface area (Å²) in [6.45, 7) is 10.8. The molecule has 0 radical (unpaired) electrons. The fraction of sp³-hybridized carbons (Fsp3) is 0.318. The van der Waals surface area contributed by atoms with Gasteiger partial charge in [-0.25, -0.2) is 0 Å². The van der Waals surface area contributed by atoms with Gasteiger partial charge in [0.2, 0.25) is 5.91 Å². The molecule has 0 aliphatic heterocycles. The zero-order valence-corrected chi connectivity index (χ0v) is 17.8. The van der Waals surface area contributed by atoms with E-state index in [2.05, 4.69) is 46.1 Å². The molecule has 2 aromatic carbocycles. The van der Waals surface area contributed by atoms with Crippen LogP contribution in [-0.2, 0) is 11.3 Å². The van der Waals surface area contributed by atoms with Crippen LogP contribution in [0.4, 0.5) is 5.69 Å². The zero-order valence-electron chi connectivity index (χ0n) is 17.0. The largest absolute Gasteiger partial charge is 0.325 e. The Kier molecular flexibility index (Phi) is 6.19. The molecule has 0 aliphatic carbocycles. The van der Waals surface area contributed by atoms with Gasteiger partial charge in [0.25, 0.3) is 0 Å². The molecule has 3 rings (SSSR count). The summed E-state index contributed by atoms with van der Waals surface area (Å²) >= 11 is 1.43. The first-order valence-corrected chi connectivity index (χ1v) is 10.3. The van der Waals surface area contributed by atoms with Crippen LogP contribution in [0.25, 0.3) is 11.4 Å². The molecule has 1 N–H and O–H groups in total. The number of para-hydroxylation sites is 1. The molecule has 0 saturated carbocycles. The molecule has 5 nitrogen and oxygen atoms in total. The van der Waals surface area contributed by atoms with E-state index in [1.807, 2.05) is 51.1 Å². The van der Waals surface area contributed by atoms with E-state index in [9.17, 15) is 4.79 Å². The van der Waals surface area contributed by atoms with Crippen LogP contribution < -0.4 is 5.32 Å². The molecular weight excluding hydrogens is 368 g/mol. The summed E-state index contributed by atoms with van der Waals surface area (Å²) < 4.78 is 2.07. The topological polar surface area (TPSA) is 59.8 Å². The maximum Gasteiger partial charge on any atom is 0.237 e. The lowest BCUT2D eigenvalue weighted by molar-refractivity contribution is -0.115. The van der Waals surface area contributed by atoms with Gasteiger partial charge in [-0.2, -0.15) is 0 Å². The quantitative estimate of drug-likeness (QED) is 0.597. The van der Waals surface area contributed by atoms with E-state index in [0.717, 1.165) is 45.5 Å². The molecule has 0 unspecified atom stereocenters. The van der Waals surface area contributed by atoms with Crippen molar-refractivity contribution in [1.29, 1.82) is 0 Å². The molecule has 1 aromatic heterocycles. The normalized spacial score (nSPS) is 12.0. The number of benzene rings is 2. The van der Waals surface area contributed by atoms with E-state index in [1.54, 1.807) is 0 Å². The van der Waals surface area contributed by atoms with Gasteiger partial charge < -0.3 is 9.88 Å². The Labute approximate surface area is 170 Å². The SMILES string of the molecule is CCn1c(S[C@@H](C)C(=O)Nc2c(C)cccc2C)nnc1-c1ccccc1C.